The highest BCUT2D eigenvalue weighted by Crippen LogP contribution is 2.21. The van der Waals surface area contributed by atoms with Gasteiger partial charge in [-0.3, -0.25) is 0 Å². The molecular weight excluding hydrogens is 186 g/mol. The Labute approximate surface area is 74.7 Å². The molecule has 0 saturated carbocycles. The van der Waals surface area contributed by atoms with E-state index >= 15 is 0 Å². The molecule has 5 unspecified atom stereocenters. The molecule has 5 N–H and O–H groups in total. The third-order valence-corrected chi connectivity index (χ3v) is 2.28. The molecule has 12 heavy (non-hydrogen) atoms. The number of halogens is 1. The van der Waals surface area contributed by atoms with Gasteiger partial charge in [0.1, 0.15) is 18.3 Å². The van der Waals surface area contributed by atoms with Crippen LogP contribution in [-0.4, -0.2) is 51.8 Å². The van der Waals surface area contributed by atoms with Gasteiger partial charge in [0.25, 0.3) is 0 Å². The zero-order valence-electron chi connectivity index (χ0n) is 6.30. The molecule has 6 heteroatoms. The van der Waals surface area contributed by atoms with Crippen molar-refractivity contribution >= 4 is 11.6 Å². The summed E-state index contributed by atoms with van der Waals surface area (Å²) in [6.45, 7) is -0.370. The van der Waals surface area contributed by atoms with E-state index in [0.29, 0.717) is 0 Å². The third kappa shape index (κ3) is 1.71. The van der Waals surface area contributed by atoms with Crippen molar-refractivity contribution in [3.63, 3.8) is 0 Å². The SMILES string of the molecule is NC1C(O)C(Cl)OC(CO)C1O. The highest BCUT2D eigenvalue weighted by atomic mass is 35.5. The quantitative estimate of drug-likeness (QED) is 0.365. The fourth-order valence-electron chi connectivity index (χ4n) is 1.10. The summed E-state index contributed by atoms with van der Waals surface area (Å²) in [6.07, 6.45) is -3.00. The van der Waals surface area contributed by atoms with E-state index in [9.17, 15) is 10.2 Å². The van der Waals surface area contributed by atoms with Gasteiger partial charge in [0.05, 0.1) is 12.6 Å². The maximum Gasteiger partial charge on any atom is 0.159 e. The van der Waals surface area contributed by atoms with Gasteiger partial charge in [-0.05, 0) is 0 Å². The lowest BCUT2D eigenvalue weighted by Gasteiger charge is -2.38. The van der Waals surface area contributed by atoms with Crippen molar-refractivity contribution in [2.75, 3.05) is 6.61 Å². The van der Waals surface area contributed by atoms with Crippen molar-refractivity contribution < 1.29 is 20.1 Å². The van der Waals surface area contributed by atoms with Crippen molar-refractivity contribution in [1.29, 1.82) is 0 Å². The first-order valence-corrected chi connectivity index (χ1v) is 4.03. The summed E-state index contributed by atoms with van der Waals surface area (Å²) in [6, 6.07) is -0.876. The second-order valence-corrected chi connectivity index (χ2v) is 3.20. The summed E-state index contributed by atoms with van der Waals surface area (Å²) in [5.41, 5.74) is 4.43. The van der Waals surface area contributed by atoms with Crippen LogP contribution in [0, 0.1) is 0 Å². The van der Waals surface area contributed by atoms with E-state index in [1.54, 1.807) is 0 Å². The highest BCUT2D eigenvalue weighted by molar-refractivity contribution is 6.20. The fourth-order valence-corrected chi connectivity index (χ4v) is 1.40. The van der Waals surface area contributed by atoms with Gasteiger partial charge in [-0.1, -0.05) is 11.6 Å². The van der Waals surface area contributed by atoms with Crippen LogP contribution in [0.3, 0.4) is 0 Å². The number of rotatable bonds is 1. The van der Waals surface area contributed by atoms with Crippen molar-refractivity contribution in [2.45, 2.75) is 29.9 Å². The summed E-state index contributed by atoms with van der Waals surface area (Å²) < 4.78 is 4.87. The first-order valence-electron chi connectivity index (χ1n) is 3.60. The van der Waals surface area contributed by atoms with Crippen LogP contribution < -0.4 is 5.73 Å². The number of alkyl halides is 1. The number of aliphatic hydroxyl groups is 3. The first-order chi connectivity index (χ1) is 5.57. The molecular formula is C6H12ClNO4. The summed E-state index contributed by atoms with van der Waals surface area (Å²) in [4.78, 5) is 0. The zero-order valence-corrected chi connectivity index (χ0v) is 7.05. The van der Waals surface area contributed by atoms with Gasteiger partial charge in [-0.2, -0.15) is 0 Å². The number of hydrogen-bond donors (Lipinski definition) is 4. The molecule has 0 aromatic rings. The summed E-state index contributed by atoms with van der Waals surface area (Å²) in [5.74, 6) is 0. The Bertz CT molecular complexity index is 154. The Morgan fingerprint density at radius 3 is 2.42 bits per heavy atom. The largest absolute Gasteiger partial charge is 0.394 e. The van der Waals surface area contributed by atoms with Gasteiger partial charge in [0.2, 0.25) is 0 Å². The van der Waals surface area contributed by atoms with Crippen LogP contribution in [0.15, 0.2) is 0 Å². The fraction of sp³-hybridized carbons (Fsp3) is 1.00. The zero-order chi connectivity index (χ0) is 9.30. The van der Waals surface area contributed by atoms with Crippen LogP contribution in [0.2, 0.25) is 0 Å². The number of ether oxygens (including phenoxy) is 1. The minimum atomic E-state index is -1.11. The van der Waals surface area contributed by atoms with E-state index in [4.69, 9.17) is 27.2 Å². The van der Waals surface area contributed by atoms with Gasteiger partial charge in [-0.15, -0.1) is 0 Å². The van der Waals surface area contributed by atoms with Gasteiger partial charge in [0.15, 0.2) is 5.56 Å². The molecule has 0 aromatic carbocycles. The molecule has 0 amide bonds. The molecule has 0 aliphatic carbocycles. The minimum absolute atomic E-state index is 0.370. The van der Waals surface area contributed by atoms with Crippen LogP contribution in [0.25, 0.3) is 0 Å². The molecule has 1 rings (SSSR count). The molecule has 1 aliphatic heterocycles. The standard InChI is InChI=1S/C6H12ClNO4/c7-6-5(11)3(8)4(10)2(1-9)12-6/h2-6,9-11H,1,8H2. The maximum absolute atomic E-state index is 9.30. The van der Waals surface area contributed by atoms with Crippen molar-refractivity contribution in [3.8, 4) is 0 Å². The van der Waals surface area contributed by atoms with Crippen molar-refractivity contribution in [3.05, 3.63) is 0 Å². The Morgan fingerprint density at radius 1 is 1.33 bits per heavy atom. The Balaban J connectivity index is 2.63. The monoisotopic (exact) mass is 197 g/mol. The van der Waals surface area contributed by atoms with E-state index < -0.39 is 29.9 Å². The van der Waals surface area contributed by atoms with E-state index in [0.717, 1.165) is 0 Å². The van der Waals surface area contributed by atoms with Crippen molar-refractivity contribution in [1.82, 2.24) is 0 Å². The Morgan fingerprint density at radius 2 is 1.92 bits per heavy atom. The molecule has 5 nitrogen and oxygen atoms in total. The molecule has 0 radical (unpaired) electrons. The summed E-state index contributed by atoms with van der Waals surface area (Å²) >= 11 is 5.53. The molecule has 5 atom stereocenters. The average Bonchev–Trinajstić information content (AvgIpc) is 2.08. The number of aliphatic hydroxyl groups excluding tert-OH is 3. The lowest BCUT2D eigenvalue weighted by atomic mass is 9.98. The highest BCUT2D eigenvalue weighted by Gasteiger charge is 2.41. The topological polar surface area (TPSA) is 95.9 Å². The molecule has 1 saturated heterocycles. The second-order valence-electron chi connectivity index (χ2n) is 2.77. The molecule has 1 aliphatic rings. The minimum Gasteiger partial charge on any atom is -0.394 e. The van der Waals surface area contributed by atoms with E-state index in [1.165, 1.54) is 0 Å². The smallest absolute Gasteiger partial charge is 0.159 e. The lowest BCUT2D eigenvalue weighted by Crippen LogP contribution is -2.60. The molecule has 0 aromatic heterocycles. The van der Waals surface area contributed by atoms with Crippen molar-refractivity contribution in [2.24, 2.45) is 5.73 Å². The second kappa shape index (κ2) is 3.87. The van der Waals surface area contributed by atoms with E-state index in [-0.39, 0.29) is 6.61 Å². The van der Waals surface area contributed by atoms with Crippen LogP contribution in [0.1, 0.15) is 0 Å². The van der Waals surface area contributed by atoms with Gasteiger partial charge < -0.3 is 25.8 Å². The molecule has 0 bridgehead atoms. The first kappa shape index (κ1) is 10.2. The van der Waals surface area contributed by atoms with Crippen LogP contribution in [0.5, 0.6) is 0 Å². The molecule has 0 spiro atoms. The third-order valence-electron chi connectivity index (χ3n) is 1.92. The van der Waals surface area contributed by atoms with Gasteiger partial charge in [0, 0.05) is 0 Å². The van der Waals surface area contributed by atoms with Crippen LogP contribution in [0.4, 0.5) is 0 Å². The maximum atomic E-state index is 9.30. The Kier molecular flexibility index (Phi) is 3.28. The normalized spacial score (nSPS) is 49.2. The van der Waals surface area contributed by atoms with E-state index in [2.05, 4.69) is 0 Å². The van der Waals surface area contributed by atoms with Crippen LogP contribution >= 0.6 is 11.6 Å². The summed E-state index contributed by atoms with van der Waals surface area (Å²) in [7, 11) is 0. The molecule has 72 valence electrons. The van der Waals surface area contributed by atoms with Crippen LogP contribution in [-0.2, 0) is 4.74 Å². The molecule has 1 heterocycles. The lowest BCUT2D eigenvalue weighted by molar-refractivity contribution is -0.162. The number of nitrogens with two attached hydrogens (primary N) is 1. The predicted octanol–water partition coefficient (Wildman–Crippen LogP) is -2.01. The van der Waals surface area contributed by atoms with Gasteiger partial charge >= 0.3 is 0 Å². The average molecular weight is 198 g/mol. The Hall–Kier alpha value is 0.0900. The number of hydrogen-bond acceptors (Lipinski definition) is 5. The van der Waals surface area contributed by atoms with E-state index in [1.807, 2.05) is 0 Å². The van der Waals surface area contributed by atoms with Gasteiger partial charge in [-0.25, -0.2) is 0 Å². The summed E-state index contributed by atoms with van der Waals surface area (Å²) in [5, 5.41) is 27.2. The predicted molar refractivity (Wildman–Crippen MR) is 41.6 cm³/mol. The molecule has 1 fully saturated rings.